The quantitative estimate of drug-likeness (QED) is 0.858. The highest BCUT2D eigenvalue weighted by molar-refractivity contribution is 5.51. The van der Waals surface area contributed by atoms with Gasteiger partial charge in [0.1, 0.15) is 23.1 Å². The number of aliphatic hydroxyl groups excluding tert-OH is 1. The van der Waals surface area contributed by atoms with Crippen LogP contribution in [0.4, 0.5) is 14.5 Å². The number of anilines is 1. The van der Waals surface area contributed by atoms with Gasteiger partial charge in [-0.2, -0.15) is 0 Å². The molecule has 3 nitrogen and oxygen atoms in total. The Labute approximate surface area is 153 Å². The highest BCUT2D eigenvalue weighted by Gasteiger charge is 2.24. The smallest absolute Gasteiger partial charge is 0.149 e. The van der Waals surface area contributed by atoms with E-state index >= 15 is 0 Å². The highest BCUT2D eigenvalue weighted by Crippen LogP contribution is 2.29. The van der Waals surface area contributed by atoms with E-state index < -0.39 is 11.6 Å². The number of nitrogens with zero attached hydrogens (tertiary/aromatic N) is 1. The van der Waals surface area contributed by atoms with Crippen molar-refractivity contribution in [1.29, 1.82) is 0 Å². The molecule has 0 aromatic heterocycles. The molecule has 0 bridgehead atoms. The fraction of sp³-hybridized carbons (Fsp3) is 0.429. The summed E-state index contributed by atoms with van der Waals surface area (Å²) in [5.41, 5.74) is 2.58. The van der Waals surface area contributed by atoms with Gasteiger partial charge in [0.25, 0.3) is 0 Å². The molecule has 0 aliphatic carbocycles. The summed E-state index contributed by atoms with van der Waals surface area (Å²) in [6.07, 6.45) is 1.65. The minimum atomic E-state index is -0.492. The van der Waals surface area contributed by atoms with Crippen molar-refractivity contribution in [3.8, 4) is 5.75 Å². The third kappa shape index (κ3) is 4.15. The number of hydrogen-bond donors (Lipinski definition) is 1. The first-order valence-corrected chi connectivity index (χ1v) is 9.01. The minimum absolute atomic E-state index is 0.00486. The molecule has 0 amide bonds. The highest BCUT2D eigenvalue weighted by atomic mass is 19.1. The fourth-order valence-electron chi connectivity index (χ4n) is 3.44. The summed E-state index contributed by atoms with van der Waals surface area (Å²) in [6.45, 7) is 5.43. The zero-order chi connectivity index (χ0) is 18.7. The van der Waals surface area contributed by atoms with E-state index in [4.69, 9.17) is 4.74 Å². The molecule has 1 heterocycles. The lowest BCUT2D eigenvalue weighted by molar-refractivity contribution is 0.221. The molecule has 0 radical (unpaired) electrons. The molecule has 1 N–H and O–H groups in total. The van der Waals surface area contributed by atoms with Gasteiger partial charge >= 0.3 is 0 Å². The number of aliphatic hydroxyl groups is 1. The van der Waals surface area contributed by atoms with Crippen molar-refractivity contribution in [3.63, 3.8) is 0 Å². The molecule has 1 saturated heterocycles. The van der Waals surface area contributed by atoms with E-state index in [2.05, 4.69) is 0 Å². The molecule has 1 aliphatic rings. The van der Waals surface area contributed by atoms with Crippen LogP contribution in [-0.4, -0.2) is 24.8 Å². The molecule has 1 aliphatic heterocycles. The first kappa shape index (κ1) is 18.6. The van der Waals surface area contributed by atoms with Crippen molar-refractivity contribution >= 4 is 5.69 Å². The van der Waals surface area contributed by atoms with Gasteiger partial charge in [-0.3, -0.25) is 0 Å². The van der Waals surface area contributed by atoms with E-state index in [1.54, 1.807) is 11.8 Å². The summed E-state index contributed by atoms with van der Waals surface area (Å²) in [7, 11) is 0. The molecule has 2 aromatic carbocycles. The molecule has 3 rings (SSSR count). The largest absolute Gasteiger partial charge is 0.493 e. The Balaban J connectivity index is 1.56. The molecule has 0 saturated carbocycles. The van der Waals surface area contributed by atoms with Gasteiger partial charge in [0.2, 0.25) is 0 Å². The van der Waals surface area contributed by atoms with Crippen molar-refractivity contribution in [3.05, 3.63) is 58.7 Å². The third-order valence-corrected chi connectivity index (χ3v) is 5.07. The standard InChI is InChI=1S/C21H25F2NO2/c1-14-9-19(22)21(20(23)10-14)24-7-5-16(6-8-24)13-26-18-4-3-15(2)17(11-18)12-25/h3-4,9-11,16,25H,5-8,12-13H2,1-2H3. The molecule has 1 fully saturated rings. The Morgan fingerprint density at radius 1 is 1.08 bits per heavy atom. The van der Waals surface area contributed by atoms with Crippen LogP contribution < -0.4 is 9.64 Å². The second-order valence-electron chi connectivity index (χ2n) is 7.07. The van der Waals surface area contributed by atoms with Crippen LogP contribution in [-0.2, 0) is 6.61 Å². The molecule has 140 valence electrons. The van der Waals surface area contributed by atoms with Crippen molar-refractivity contribution in [1.82, 2.24) is 0 Å². The van der Waals surface area contributed by atoms with Crippen molar-refractivity contribution in [2.24, 2.45) is 5.92 Å². The Morgan fingerprint density at radius 2 is 1.73 bits per heavy atom. The second kappa shape index (κ2) is 8.04. The van der Waals surface area contributed by atoms with E-state index in [1.165, 1.54) is 12.1 Å². The van der Waals surface area contributed by atoms with Crippen molar-refractivity contribution in [2.75, 3.05) is 24.6 Å². The van der Waals surface area contributed by atoms with E-state index in [9.17, 15) is 13.9 Å². The number of aryl methyl sites for hydroxylation is 2. The van der Waals surface area contributed by atoms with Crippen molar-refractivity contribution in [2.45, 2.75) is 33.3 Å². The van der Waals surface area contributed by atoms with Gasteiger partial charge in [-0.25, -0.2) is 8.78 Å². The van der Waals surface area contributed by atoms with Crippen LogP contribution >= 0.6 is 0 Å². The average molecular weight is 361 g/mol. The number of rotatable bonds is 5. The second-order valence-corrected chi connectivity index (χ2v) is 7.07. The maximum absolute atomic E-state index is 14.1. The molecule has 0 unspecified atom stereocenters. The molecule has 0 spiro atoms. The zero-order valence-electron chi connectivity index (χ0n) is 15.3. The molecule has 26 heavy (non-hydrogen) atoms. The van der Waals surface area contributed by atoms with Crippen LogP contribution in [0.5, 0.6) is 5.75 Å². The van der Waals surface area contributed by atoms with Crippen LogP contribution in [0, 0.1) is 31.4 Å². The van der Waals surface area contributed by atoms with Crippen molar-refractivity contribution < 1.29 is 18.6 Å². The minimum Gasteiger partial charge on any atom is -0.493 e. The monoisotopic (exact) mass is 361 g/mol. The first-order valence-electron chi connectivity index (χ1n) is 9.01. The van der Waals surface area contributed by atoms with E-state index in [-0.39, 0.29) is 12.3 Å². The van der Waals surface area contributed by atoms with E-state index in [1.807, 2.05) is 25.1 Å². The lowest BCUT2D eigenvalue weighted by Gasteiger charge is -2.34. The maximum Gasteiger partial charge on any atom is 0.149 e. The Kier molecular flexibility index (Phi) is 5.77. The Morgan fingerprint density at radius 3 is 2.35 bits per heavy atom. The summed E-state index contributed by atoms with van der Waals surface area (Å²) in [5.74, 6) is 0.112. The van der Waals surface area contributed by atoms with Gasteiger partial charge in [0.05, 0.1) is 13.2 Å². The Bertz CT molecular complexity index is 748. The van der Waals surface area contributed by atoms with Crippen LogP contribution in [0.3, 0.4) is 0 Å². The fourth-order valence-corrected chi connectivity index (χ4v) is 3.44. The van der Waals surface area contributed by atoms with Gasteiger partial charge < -0.3 is 14.7 Å². The van der Waals surface area contributed by atoms with E-state index in [0.717, 1.165) is 29.7 Å². The number of hydrogen-bond acceptors (Lipinski definition) is 3. The summed E-state index contributed by atoms with van der Waals surface area (Å²) < 4.78 is 34.1. The topological polar surface area (TPSA) is 32.7 Å². The number of benzene rings is 2. The number of ether oxygens (including phenoxy) is 1. The van der Waals surface area contributed by atoms with Crippen LogP contribution in [0.15, 0.2) is 30.3 Å². The third-order valence-electron chi connectivity index (χ3n) is 5.07. The first-order chi connectivity index (χ1) is 12.5. The lowest BCUT2D eigenvalue weighted by atomic mass is 9.97. The van der Waals surface area contributed by atoms with E-state index in [0.29, 0.717) is 31.2 Å². The molecule has 5 heteroatoms. The summed E-state index contributed by atoms with van der Waals surface area (Å²) in [5, 5.41) is 9.34. The normalized spacial score (nSPS) is 15.3. The molecule has 2 aromatic rings. The van der Waals surface area contributed by atoms with Gasteiger partial charge in [0, 0.05) is 13.1 Å². The summed E-state index contributed by atoms with van der Waals surface area (Å²) in [4.78, 5) is 1.79. The van der Waals surface area contributed by atoms with Gasteiger partial charge in [-0.1, -0.05) is 6.07 Å². The van der Waals surface area contributed by atoms with Crippen LogP contribution in [0.1, 0.15) is 29.5 Å². The van der Waals surface area contributed by atoms with Crippen LogP contribution in [0.25, 0.3) is 0 Å². The number of halogens is 2. The predicted octanol–water partition coefficient (Wildman–Crippen LogP) is 4.37. The van der Waals surface area contributed by atoms with Crippen LogP contribution in [0.2, 0.25) is 0 Å². The molecular formula is C21H25F2NO2. The number of piperidine rings is 1. The maximum atomic E-state index is 14.1. The van der Waals surface area contributed by atoms with Gasteiger partial charge in [-0.05, 0) is 73.6 Å². The lowest BCUT2D eigenvalue weighted by Crippen LogP contribution is -2.36. The zero-order valence-corrected chi connectivity index (χ0v) is 15.3. The Hall–Kier alpha value is -2.14. The predicted molar refractivity (Wildman–Crippen MR) is 98.6 cm³/mol. The molecule has 0 atom stereocenters. The van der Waals surface area contributed by atoms with Gasteiger partial charge in [-0.15, -0.1) is 0 Å². The average Bonchev–Trinajstić information content (AvgIpc) is 2.61. The molecular weight excluding hydrogens is 336 g/mol. The summed E-state index contributed by atoms with van der Waals surface area (Å²) in [6, 6.07) is 8.46. The SMILES string of the molecule is Cc1cc(F)c(N2CCC(COc3ccc(C)c(CO)c3)CC2)c(F)c1. The van der Waals surface area contributed by atoms with Gasteiger partial charge in [0.15, 0.2) is 0 Å². The summed E-state index contributed by atoms with van der Waals surface area (Å²) >= 11 is 0.